The minimum atomic E-state index is -3.49. The molecule has 120 valence electrons. The summed E-state index contributed by atoms with van der Waals surface area (Å²) in [7, 11) is -1.91. The molecular formula is C14H26N4O2S. The lowest BCUT2D eigenvalue weighted by Gasteiger charge is -2.21. The molecule has 0 saturated heterocycles. The molecule has 2 N–H and O–H groups in total. The van der Waals surface area contributed by atoms with Gasteiger partial charge in [0.25, 0.3) is 10.2 Å². The summed E-state index contributed by atoms with van der Waals surface area (Å²) in [5.74, 6) is 0. The standard InChI is InChI=1S/C14H26N4O2S/c1-12(2)15-10-7-11-18(4)21(19,20)17-13(3)14-8-5-6-9-16-14/h5-6,8-9,12-13,15,17H,7,10-11H2,1-4H3. The lowest BCUT2D eigenvalue weighted by atomic mass is 10.2. The van der Waals surface area contributed by atoms with Gasteiger partial charge in [0.15, 0.2) is 0 Å². The van der Waals surface area contributed by atoms with Gasteiger partial charge in [-0.3, -0.25) is 4.98 Å². The number of aromatic nitrogens is 1. The molecule has 0 aliphatic carbocycles. The molecule has 0 saturated carbocycles. The first-order valence-corrected chi connectivity index (χ1v) is 8.65. The fourth-order valence-electron chi connectivity index (χ4n) is 1.82. The van der Waals surface area contributed by atoms with E-state index in [0.717, 1.165) is 13.0 Å². The summed E-state index contributed by atoms with van der Waals surface area (Å²) < 4.78 is 28.4. The Balaban J connectivity index is 2.48. The summed E-state index contributed by atoms with van der Waals surface area (Å²) in [4.78, 5) is 4.16. The second kappa shape index (κ2) is 8.43. The van der Waals surface area contributed by atoms with Gasteiger partial charge in [-0.1, -0.05) is 19.9 Å². The number of hydrogen-bond donors (Lipinski definition) is 2. The van der Waals surface area contributed by atoms with E-state index in [-0.39, 0.29) is 6.04 Å². The predicted octanol–water partition coefficient (Wildman–Crippen LogP) is 1.30. The van der Waals surface area contributed by atoms with Crippen LogP contribution in [0.4, 0.5) is 0 Å². The smallest absolute Gasteiger partial charge is 0.279 e. The Morgan fingerprint density at radius 3 is 2.57 bits per heavy atom. The van der Waals surface area contributed by atoms with E-state index in [9.17, 15) is 8.42 Å². The molecule has 0 aromatic carbocycles. The zero-order chi connectivity index (χ0) is 15.9. The maximum absolute atomic E-state index is 12.2. The van der Waals surface area contributed by atoms with E-state index < -0.39 is 10.2 Å². The third-order valence-electron chi connectivity index (χ3n) is 3.07. The Morgan fingerprint density at radius 1 is 1.29 bits per heavy atom. The average Bonchev–Trinajstić information content (AvgIpc) is 2.43. The van der Waals surface area contributed by atoms with Gasteiger partial charge in [-0.2, -0.15) is 17.4 Å². The molecule has 0 radical (unpaired) electrons. The Bertz CT molecular complexity index is 505. The van der Waals surface area contributed by atoms with E-state index in [2.05, 4.69) is 28.9 Å². The Labute approximate surface area is 128 Å². The minimum Gasteiger partial charge on any atom is -0.314 e. The zero-order valence-corrected chi connectivity index (χ0v) is 14.0. The average molecular weight is 314 g/mol. The first-order valence-electron chi connectivity index (χ1n) is 7.21. The van der Waals surface area contributed by atoms with Crippen LogP contribution >= 0.6 is 0 Å². The van der Waals surface area contributed by atoms with Crippen LogP contribution in [0.5, 0.6) is 0 Å². The van der Waals surface area contributed by atoms with Crippen molar-refractivity contribution in [2.24, 2.45) is 0 Å². The summed E-state index contributed by atoms with van der Waals surface area (Å²) in [6, 6.07) is 5.51. The molecular weight excluding hydrogens is 288 g/mol. The molecule has 0 amide bonds. The van der Waals surface area contributed by atoms with Gasteiger partial charge in [-0.05, 0) is 32.0 Å². The van der Waals surface area contributed by atoms with Crippen LogP contribution in [-0.2, 0) is 10.2 Å². The van der Waals surface area contributed by atoms with Crippen molar-refractivity contribution in [1.29, 1.82) is 0 Å². The fraction of sp³-hybridized carbons (Fsp3) is 0.643. The van der Waals surface area contributed by atoms with Crippen LogP contribution < -0.4 is 10.0 Å². The normalized spacial score (nSPS) is 13.8. The van der Waals surface area contributed by atoms with Gasteiger partial charge < -0.3 is 5.32 Å². The van der Waals surface area contributed by atoms with Gasteiger partial charge in [0.2, 0.25) is 0 Å². The zero-order valence-electron chi connectivity index (χ0n) is 13.2. The van der Waals surface area contributed by atoms with Crippen molar-refractivity contribution in [2.75, 3.05) is 20.1 Å². The highest BCUT2D eigenvalue weighted by molar-refractivity contribution is 7.87. The van der Waals surface area contributed by atoms with Crippen LogP contribution in [0.15, 0.2) is 24.4 Å². The Kier molecular flexibility index (Phi) is 7.24. The van der Waals surface area contributed by atoms with Gasteiger partial charge in [0.1, 0.15) is 0 Å². The van der Waals surface area contributed by atoms with Gasteiger partial charge >= 0.3 is 0 Å². The second-order valence-electron chi connectivity index (χ2n) is 5.38. The topological polar surface area (TPSA) is 74.3 Å². The Hall–Kier alpha value is -1.02. The van der Waals surface area contributed by atoms with Crippen molar-refractivity contribution in [3.8, 4) is 0 Å². The van der Waals surface area contributed by atoms with E-state index in [1.54, 1.807) is 32.3 Å². The van der Waals surface area contributed by atoms with Crippen LogP contribution in [0, 0.1) is 0 Å². The van der Waals surface area contributed by atoms with Crippen molar-refractivity contribution in [2.45, 2.75) is 39.3 Å². The molecule has 1 heterocycles. The van der Waals surface area contributed by atoms with Crippen molar-refractivity contribution in [1.82, 2.24) is 19.3 Å². The minimum absolute atomic E-state index is 0.354. The van der Waals surface area contributed by atoms with E-state index in [4.69, 9.17) is 0 Å². The molecule has 1 unspecified atom stereocenters. The van der Waals surface area contributed by atoms with Gasteiger partial charge in [-0.25, -0.2) is 0 Å². The molecule has 0 spiro atoms. The maximum atomic E-state index is 12.2. The SMILES string of the molecule is CC(C)NCCCN(C)S(=O)(=O)NC(C)c1ccccn1. The van der Waals surface area contributed by atoms with Crippen LogP contribution in [-0.4, -0.2) is 43.9 Å². The Morgan fingerprint density at radius 2 is 2.00 bits per heavy atom. The molecule has 6 nitrogen and oxygen atoms in total. The molecule has 0 bridgehead atoms. The molecule has 0 aliphatic heterocycles. The number of rotatable bonds is 9. The molecule has 7 heteroatoms. The number of nitrogens with one attached hydrogen (secondary N) is 2. The van der Waals surface area contributed by atoms with Crippen molar-refractivity contribution in [3.05, 3.63) is 30.1 Å². The lowest BCUT2D eigenvalue weighted by Crippen LogP contribution is -2.40. The summed E-state index contributed by atoms with van der Waals surface area (Å²) in [6.45, 7) is 7.19. The van der Waals surface area contributed by atoms with Crippen LogP contribution in [0.25, 0.3) is 0 Å². The maximum Gasteiger partial charge on any atom is 0.279 e. The third kappa shape index (κ3) is 6.52. The highest BCUT2D eigenvalue weighted by atomic mass is 32.2. The van der Waals surface area contributed by atoms with E-state index >= 15 is 0 Å². The summed E-state index contributed by atoms with van der Waals surface area (Å²) >= 11 is 0. The number of hydrogen-bond acceptors (Lipinski definition) is 4. The fourth-order valence-corrected chi connectivity index (χ4v) is 2.94. The lowest BCUT2D eigenvalue weighted by molar-refractivity contribution is 0.433. The largest absolute Gasteiger partial charge is 0.314 e. The van der Waals surface area contributed by atoms with Crippen molar-refractivity contribution in [3.63, 3.8) is 0 Å². The van der Waals surface area contributed by atoms with Crippen LogP contribution in [0.2, 0.25) is 0 Å². The van der Waals surface area contributed by atoms with E-state index in [1.807, 2.05) is 6.07 Å². The number of nitrogens with zero attached hydrogens (tertiary/aromatic N) is 2. The monoisotopic (exact) mass is 314 g/mol. The van der Waals surface area contributed by atoms with Gasteiger partial charge in [0.05, 0.1) is 11.7 Å². The highest BCUT2D eigenvalue weighted by Crippen LogP contribution is 2.10. The van der Waals surface area contributed by atoms with Gasteiger partial charge in [-0.15, -0.1) is 0 Å². The first kappa shape index (κ1) is 18.0. The van der Waals surface area contributed by atoms with E-state index in [0.29, 0.717) is 18.3 Å². The van der Waals surface area contributed by atoms with Crippen LogP contribution in [0.3, 0.4) is 0 Å². The van der Waals surface area contributed by atoms with E-state index in [1.165, 1.54) is 4.31 Å². The molecule has 1 rings (SSSR count). The molecule has 1 atom stereocenters. The first-order chi connectivity index (χ1) is 9.83. The highest BCUT2D eigenvalue weighted by Gasteiger charge is 2.21. The summed E-state index contributed by atoms with van der Waals surface area (Å²) in [5, 5.41) is 3.27. The number of pyridine rings is 1. The molecule has 1 aromatic rings. The summed E-state index contributed by atoms with van der Waals surface area (Å²) in [6.07, 6.45) is 2.43. The van der Waals surface area contributed by atoms with Crippen molar-refractivity contribution >= 4 is 10.2 Å². The molecule has 0 aliphatic rings. The van der Waals surface area contributed by atoms with Crippen molar-refractivity contribution < 1.29 is 8.42 Å². The molecule has 21 heavy (non-hydrogen) atoms. The molecule has 1 aromatic heterocycles. The summed E-state index contributed by atoms with van der Waals surface area (Å²) in [5.41, 5.74) is 0.705. The van der Waals surface area contributed by atoms with Gasteiger partial charge in [0, 0.05) is 25.8 Å². The van der Waals surface area contributed by atoms with Crippen LogP contribution in [0.1, 0.15) is 38.9 Å². The molecule has 0 fully saturated rings. The second-order valence-corrected chi connectivity index (χ2v) is 7.19. The predicted molar refractivity (Wildman–Crippen MR) is 85.1 cm³/mol. The third-order valence-corrected chi connectivity index (χ3v) is 4.72. The quantitative estimate of drug-likeness (QED) is 0.674.